The van der Waals surface area contributed by atoms with Gasteiger partial charge in [-0.3, -0.25) is 4.79 Å². The second-order valence-electron chi connectivity index (χ2n) is 3.67. The number of amides is 1. The Hall–Kier alpha value is -1.45. The molecule has 0 atom stereocenters. The van der Waals surface area contributed by atoms with Gasteiger partial charge in [-0.05, 0) is 36.6 Å². The van der Waals surface area contributed by atoms with Crippen molar-refractivity contribution in [3.05, 3.63) is 59.1 Å². The molecule has 0 spiro atoms. The molecule has 0 fully saturated rings. The Morgan fingerprint density at radius 2 is 1.94 bits per heavy atom. The van der Waals surface area contributed by atoms with Crippen LogP contribution in [-0.4, -0.2) is 12.2 Å². The molecule has 0 heterocycles. The van der Waals surface area contributed by atoms with Gasteiger partial charge in [-0.1, -0.05) is 29.8 Å². The van der Waals surface area contributed by atoms with Crippen molar-refractivity contribution in [2.24, 2.45) is 0 Å². The first-order valence-corrected chi connectivity index (χ1v) is 7.01. The molecule has 1 amide bonds. The topological polar surface area (TPSA) is 29.1 Å². The Morgan fingerprint density at radius 1 is 1.17 bits per heavy atom. The third kappa shape index (κ3) is 3.06. The lowest BCUT2D eigenvalue weighted by atomic mass is 10.2. The Balaban J connectivity index is 2.19. The Kier molecular flexibility index (Phi) is 4.28. The Bertz CT molecular complexity index is 571. The summed E-state index contributed by atoms with van der Waals surface area (Å²) in [6.45, 7) is 0. The highest BCUT2D eigenvalue weighted by atomic mass is 35.5. The number of hydrogen-bond acceptors (Lipinski definition) is 2. The molecule has 1 N–H and O–H groups in total. The van der Waals surface area contributed by atoms with Gasteiger partial charge in [-0.15, -0.1) is 11.8 Å². The Morgan fingerprint density at radius 3 is 2.67 bits per heavy atom. The third-order valence-corrected chi connectivity index (χ3v) is 3.50. The van der Waals surface area contributed by atoms with Gasteiger partial charge in [0.25, 0.3) is 5.91 Å². The van der Waals surface area contributed by atoms with Crippen LogP contribution in [0.5, 0.6) is 0 Å². The van der Waals surface area contributed by atoms with Crippen LogP contribution in [0.1, 0.15) is 10.4 Å². The number of carbonyl (C=O) groups is 1. The second kappa shape index (κ2) is 5.94. The first kappa shape index (κ1) is 13.0. The lowest BCUT2D eigenvalue weighted by Gasteiger charge is -2.07. The van der Waals surface area contributed by atoms with Crippen LogP contribution in [0.4, 0.5) is 5.69 Å². The molecule has 4 heteroatoms. The van der Waals surface area contributed by atoms with Gasteiger partial charge < -0.3 is 5.32 Å². The van der Waals surface area contributed by atoms with E-state index in [0.29, 0.717) is 10.6 Å². The van der Waals surface area contributed by atoms with Crippen LogP contribution in [0.3, 0.4) is 0 Å². The van der Waals surface area contributed by atoms with E-state index in [1.54, 1.807) is 36.0 Å². The van der Waals surface area contributed by atoms with Crippen molar-refractivity contribution in [2.45, 2.75) is 4.90 Å². The minimum Gasteiger partial charge on any atom is -0.322 e. The highest BCUT2D eigenvalue weighted by Crippen LogP contribution is 2.21. The molecule has 0 saturated heterocycles. The summed E-state index contributed by atoms with van der Waals surface area (Å²) in [5.74, 6) is -0.196. The van der Waals surface area contributed by atoms with Crippen molar-refractivity contribution >= 4 is 35.0 Å². The fourth-order valence-electron chi connectivity index (χ4n) is 1.54. The zero-order valence-corrected chi connectivity index (χ0v) is 11.4. The van der Waals surface area contributed by atoms with Crippen LogP contribution < -0.4 is 5.32 Å². The minimum absolute atomic E-state index is 0.196. The fourth-order valence-corrected chi connectivity index (χ4v) is 2.23. The summed E-state index contributed by atoms with van der Waals surface area (Å²) in [7, 11) is 0. The molecule has 92 valence electrons. The van der Waals surface area contributed by atoms with E-state index in [0.717, 1.165) is 10.6 Å². The third-order valence-electron chi connectivity index (χ3n) is 2.45. The van der Waals surface area contributed by atoms with Crippen LogP contribution in [-0.2, 0) is 0 Å². The van der Waals surface area contributed by atoms with E-state index in [9.17, 15) is 4.79 Å². The maximum absolute atomic E-state index is 12.0. The Labute approximate surface area is 115 Å². The van der Waals surface area contributed by atoms with Crippen LogP contribution in [0.15, 0.2) is 53.4 Å². The van der Waals surface area contributed by atoms with Crippen molar-refractivity contribution in [3.8, 4) is 0 Å². The number of rotatable bonds is 3. The molecule has 0 unspecified atom stereocenters. The molecule has 18 heavy (non-hydrogen) atoms. The molecule has 0 aliphatic heterocycles. The van der Waals surface area contributed by atoms with Crippen molar-refractivity contribution in [3.63, 3.8) is 0 Å². The summed E-state index contributed by atoms with van der Waals surface area (Å²) >= 11 is 7.61. The van der Waals surface area contributed by atoms with Gasteiger partial charge in [0.15, 0.2) is 0 Å². The van der Waals surface area contributed by atoms with Crippen LogP contribution in [0.25, 0.3) is 0 Å². The van der Waals surface area contributed by atoms with Gasteiger partial charge in [0.1, 0.15) is 0 Å². The molecule has 0 saturated carbocycles. The summed E-state index contributed by atoms with van der Waals surface area (Å²) in [5, 5.41) is 3.29. The summed E-state index contributed by atoms with van der Waals surface area (Å²) < 4.78 is 0. The van der Waals surface area contributed by atoms with Gasteiger partial charge in [-0.2, -0.15) is 0 Å². The first-order chi connectivity index (χ1) is 8.70. The van der Waals surface area contributed by atoms with E-state index in [2.05, 4.69) is 5.32 Å². The number of hydrogen-bond donors (Lipinski definition) is 1. The predicted octanol–water partition coefficient (Wildman–Crippen LogP) is 4.31. The first-order valence-electron chi connectivity index (χ1n) is 5.40. The van der Waals surface area contributed by atoms with Crippen molar-refractivity contribution in [1.29, 1.82) is 0 Å². The molecule has 0 aliphatic carbocycles. The SMILES string of the molecule is CSc1cccc(NC(=O)c2ccccc2Cl)c1. The van der Waals surface area contributed by atoms with Gasteiger partial charge >= 0.3 is 0 Å². The molecular formula is C14H12ClNOS. The van der Waals surface area contributed by atoms with Crippen LogP contribution in [0, 0.1) is 0 Å². The van der Waals surface area contributed by atoms with Crippen LogP contribution >= 0.6 is 23.4 Å². The largest absolute Gasteiger partial charge is 0.322 e. The number of anilines is 1. The van der Waals surface area contributed by atoms with E-state index in [-0.39, 0.29) is 5.91 Å². The molecular weight excluding hydrogens is 266 g/mol. The van der Waals surface area contributed by atoms with E-state index in [1.165, 1.54) is 0 Å². The highest BCUT2D eigenvalue weighted by molar-refractivity contribution is 7.98. The summed E-state index contributed by atoms with van der Waals surface area (Å²) in [6.07, 6.45) is 2.00. The van der Waals surface area contributed by atoms with E-state index in [4.69, 9.17) is 11.6 Å². The predicted molar refractivity (Wildman–Crippen MR) is 77.6 cm³/mol. The quantitative estimate of drug-likeness (QED) is 0.847. The maximum Gasteiger partial charge on any atom is 0.257 e. The second-order valence-corrected chi connectivity index (χ2v) is 4.95. The number of benzene rings is 2. The molecule has 2 rings (SSSR count). The molecule has 0 bridgehead atoms. The number of halogens is 1. The minimum atomic E-state index is -0.196. The molecule has 2 nitrogen and oxygen atoms in total. The van der Waals surface area contributed by atoms with Crippen molar-refractivity contribution in [2.75, 3.05) is 11.6 Å². The molecule has 0 radical (unpaired) electrons. The average molecular weight is 278 g/mol. The molecule has 0 aromatic heterocycles. The van der Waals surface area contributed by atoms with Gasteiger partial charge in [-0.25, -0.2) is 0 Å². The maximum atomic E-state index is 12.0. The zero-order valence-electron chi connectivity index (χ0n) is 9.81. The van der Waals surface area contributed by atoms with Crippen LogP contribution in [0.2, 0.25) is 5.02 Å². The van der Waals surface area contributed by atoms with E-state index in [1.807, 2.05) is 30.5 Å². The smallest absolute Gasteiger partial charge is 0.257 e. The van der Waals surface area contributed by atoms with E-state index < -0.39 is 0 Å². The van der Waals surface area contributed by atoms with Crippen molar-refractivity contribution < 1.29 is 4.79 Å². The molecule has 2 aromatic rings. The standard InChI is InChI=1S/C14H12ClNOS/c1-18-11-6-4-5-10(9-11)16-14(17)12-7-2-3-8-13(12)15/h2-9H,1H3,(H,16,17). The normalized spacial score (nSPS) is 10.1. The van der Waals surface area contributed by atoms with E-state index >= 15 is 0 Å². The van der Waals surface area contributed by atoms with Gasteiger partial charge in [0.2, 0.25) is 0 Å². The van der Waals surface area contributed by atoms with Crippen molar-refractivity contribution in [1.82, 2.24) is 0 Å². The number of thioether (sulfide) groups is 1. The summed E-state index contributed by atoms with van der Waals surface area (Å²) in [6, 6.07) is 14.7. The molecule has 0 aliphatic rings. The number of nitrogens with one attached hydrogen (secondary N) is 1. The highest BCUT2D eigenvalue weighted by Gasteiger charge is 2.09. The average Bonchev–Trinajstić information content (AvgIpc) is 2.39. The summed E-state index contributed by atoms with van der Waals surface area (Å²) in [5.41, 5.74) is 1.25. The van der Waals surface area contributed by atoms with Gasteiger partial charge in [0, 0.05) is 10.6 Å². The fraction of sp³-hybridized carbons (Fsp3) is 0.0714. The lowest BCUT2D eigenvalue weighted by Crippen LogP contribution is -2.12. The summed E-state index contributed by atoms with van der Waals surface area (Å²) in [4.78, 5) is 13.1. The molecule has 2 aromatic carbocycles. The lowest BCUT2D eigenvalue weighted by molar-refractivity contribution is 0.102. The van der Waals surface area contributed by atoms with Gasteiger partial charge in [0.05, 0.1) is 10.6 Å². The zero-order chi connectivity index (χ0) is 13.0. The monoisotopic (exact) mass is 277 g/mol. The number of carbonyl (C=O) groups excluding carboxylic acids is 1.